The molecule has 2 rings (SSSR count). The van der Waals surface area contributed by atoms with E-state index in [-0.39, 0.29) is 5.91 Å². The van der Waals surface area contributed by atoms with Crippen LogP contribution in [0, 0.1) is 6.92 Å². The second kappa shape index (κ2) is 5.54. The monoisotopic (exact) mass is 338 g/mol. The van der Waals surface area contributed by atoms with Gasteiger partial charge in [0, 0.05) is 11.3 Å². The minimum absolute atomic E-state index is 0.175. The van der Waals surface area contributed by atoms with Gasteiger partial charge >= 0.3 is 0 Å². The molecule has 0 radical (unpaired) electrons. The van der Waals surface area contributed by atoms with Gasteiger partial charge in [0.05, 0.1) is 8.66 Å². The van der Waals surface area contributed by atoms with Crippen LogP contribution in [0.2, 0.25) is 0 Å². The minimum atomic E-state index is -0.483. The third-order valence-electron chi connectivity index (χ3n) is 2.56. The number of rotatable bonds is 3. The van der Waals surface area contributed by atoms with Gasteiger partial charge < -0.3 is 11.1 Å². The molecular weight excluding hydrogens is 328 g/mol. The summed E-state index contributed by atoms with van der Waals surface area (Å²) in [6.07, 6.45) is 0. The summed E-state index contributed by atoms with van der Waals surface area (Å²) in [5.74, 6) is -0.659. The number of halogens is 1. The Morgan fingerprint density at radius 1 is 1.26 bits per heavy atom. The number of primary amides is 1. The van der Waals surface area contributed by atoms with Crippen LogP contribution in [0.25, 0.3) is 0 Å². The number of carbonyl (C=O) groups is 2. The lowest BCUT2D eigenvalue weighted by Gasteiger charge is -2.08. The quantitative estimate of drug-likeness (QED) is 0.902. The zero-order valence-corrected chi connectivity index (χ0v) is 12.5. The molecule has 0 spiro atoms. The summed E-state index contributed by atoms with van der Waals surface area (Å²) in [5, 5.41) is 2.80. The van der Waals surface area contributed by atoms with Gasteiger partial charge in [0.25, 0.3) is 5.91 Å². The first-order valence-electron chi connectivity index (χ1n) is 5.44. The molecule has 1 heterocycles. The Hall–Kier alpha value is -1.66. The van der Waals surface area contributed by atoms with Crippen LogP contribution in [0.1, 0.15) is 25.6 Å². The van der Waals surface area contributed by atoms with Crippen LogP contribution in [0.4, 0.5) is 5.69 Å². The molecule has 0 atom stereocenters. The summed E-state index contributed by atoms with van der Waals surface area (Å²) in [5.41, 5.74) is 7.08. The fourth-order valence-corrected chi connectivity index (χ4v) is 2.86. The highest BCUT2D eigenvalue weighted by molar-refractivity contribution is 9.11. The molecule has 0 unspecified atom stereocenters. The van der Waals surface area contributed by atoms with Crippen molar-refractivity contribution in [1.82, 2.24) is 0 Å². The molecule has 4 nitrogen and oxygen atoms in total. The third-order valence-corrected chi connectivity index (χ3v) is 4.18. The van der Waals surface area contributed by atoms with Gasteiger partial charge in [-0.05, 0) is 58.7 Å². The van der Waals surface area contributed by atoms with Crippen molar-refractivity contribution in [2.75, 3.05) is 5.32 Å². The maximum atomic E-state index is 12.0. The lowest BCUT2D eigenvalue weighted by molar-refractivity contribution is 0.0998. The highest BCUT2D eigenvalue weighted by atomic mass is 79.9. The first-order valence-corrected chi connectivity index (χ1v) is 7.05. The van der Waals surface area contributed by atoms with E-state index in [1.807, 2.05) is 13.0 Å². The largest absolute Gasteiger partial charge is 0.366 e. The van der Waals surface area contributed by atoms with Crippen molar-refractivity contribution < 1.29 is 9.59 Å². The smallest absolute Gasteiger partial charge is 0.265 e. The van der Waals surface area contributed by atoms with Crippen LogP contribution >= 0.6 is 27.3 Å². The number of aryl methyl sites for hydroxylation is 1. The molecule has 0 saturated carbocycles. The van der Waals surface area contributed by atoms with Crippen LogP contribution in [0.15, 0.2) is 34.1 Å². The van der Waals surface area contributed by atoms with Gasteiger partial charge in [0.2, 0.25) is 5.91 Å². The second-order valence-electron chi connectivity index (χ2n) is 3.95. The summed E-state index contributed by atoms with van der Waals surface area (Å²) in [6, 6.07) is 8.49. The third kappa shape index (κ3) is 3.21. The lowest BCUT2D eigenvalue weighted by atomic mass is 10.1. The molecule has 6 heteroatoms. The highest BCUT2D eigenvalue weighted by Crippen LogP contribution is 2.24. The molecule has 0 bridgehead atoms. The van der Waals surface area contributed by atoms with Crippen molar-refractivity contribution in [3.8, 4) is 0 Å². The number of benzene rings is 1. The SMILES string of the molecule is Cc1cc(C(N)=O)ccc1NC(=O)c1ccc(Br)s1. The molecule has 0 saturated heterocycles. The maximum Gasteiger partial charge on any atom is 0.265 e. The summed E-state index contributed by atoms with van der Waals surface area (Å²) >= 11 is 4.67. The van der Waals surface area contributed by atoms with Gasteiger partial charge in [-0.2, -0.15) is 0 Å². The molecule has 0 aliphatic heterocycles. The first kappa shape index (κ1) is 13.8. The number of nitrogens with two attached hydrogens (primary N) is 1. The number of carbonyl (C=O) groups excluding carboxylic acids is 2. The van der Waals surface area contributed by atoms with Crippen molar-refractivity contribution >= 4 is 44.8 Å². The Kier molecular flexibility index (Phi) is 4.01. The van der Waals surface area contributed by atoms with Gasteiger partial charge in [-0.25, -0.2) is 0 Å². The van der Waals surface area contributed by atoms with Crippen molar-refractivity contribution in [2.45, 2.75) is 6.92 Å². The van der Waals surface area contributed by atoms with Crippen LogP contribution < -0.4 is 11.1 Å². The molecule has 1 aromatic heterocycles. The Bertz CT molecular complexity index is 652. The fraction of sp³-hybridized carbons (Fsp3) is 0.0769. The normalized spacial score (nSPS) is 10.2. The van der Waals surface area contributed by atoms with E-state index >= 15 is 0 Å². The molecule has 19 heavy (non-hydrogen) atoms. The molecule has 0 aliphatic carbocycles. The van der Waals surface area contributed by atoms with Gasteiger partial charge in [-0.15, -0.1) is 11.3 Å². The van der Waals surface area contributed by atoms with Gasteiger partial charge in [-0.1, -0.05) is 0 Å². The van der Waals surface area contributed by atoms with E-state index in [0.29, 0.717) is 16.1 Å². The number of thiophene rings is 1. The number of amides is 2. The van der Waals surface area contributed by atoms with Gasteiger partial charge in [-0.3, -0.25) is 9.59 Å². The predicted octanol–water partition coefficient (Wildman–Crippen LogP) is 3.17. The van der Waals surface area contributed by atoms with Crippen LogP contribution in [0.3, 0.4) is 0 Å². The number of anilines is 1. The van der Waals surface area contributed by atoms with Gasteiger partial charge in [0.15, 0.2) is 0 Å². The Morgan fingerprint density at radius 2 is 2.00 bits per heavy atom. The fourth-order valence-electron chi connectivity index (χ4n) is 1.58. The van der Waals surface area contributed by atoms with E-state index in [0.717, 1.165) is 9.35 Å². The lowest BCUT2D eigenvalue weighted by Crippen LogP contribution is -2.13. The summed E-state index contributed by atoms with van der Waals surface area (Å²) in [6.45, 7) is 1.81. The Labute approximate surface area is 122 Å². The Morgan fingerprint density at radius 3 is 2.53 bits per heavy atom. The van der Waals surface area contributed by atoms with Crippen LogP contribution in [0.5, 0.6) is 0 Å². The number of hydrogen-bond acceptors (Lipinski definition) is 3. The number of hydrogen-bond donors (Lipinski definition) is 2. The van der Waals surface area contributed by atoms with Crippen LogP contribution in [-0.2, 0) is 0 Å². The van der Waals surface area contributed by atoms with E-state index in [9.17, 15) is 9.59 Å². The topological polar surface area (TPSA) is 72.2 Å². The molecule has 2 amide bonds. The summed E-state index contributed by atoms with van der Waals surface area (Å²) in [4.78, 5) is 23.6. The minimum Gasteiger partial charge on any atom is -0.366 e. The summed E-state index contributed by atoms with van der Waals surface area (Å²) < 4.78 is 0.901. The molecule has 2 aromatic rings. The Balaban J connectivity index is 2.20. The average Bonchev–Trinajstić information content (AvgIpc) is 2.78. The van der Waals surface area contributed by atoms with Crippen LogP contribution in [-0.4, -0.2) is 11.8 Å². The molecule has 98 valence electrons. The summed E-state index contributed by atoms with van der Waals surface area (Å²) in [7, 11) is 0. The van der Waals surface area contributed by atoms with Crippen molar-refractivity contribution in [3.05, 3.63) is 50.1 Å². The zero-order valence-electron chi connectivity index (χ0n) is 10.1. The predicted molar refractivity (Wildman–Crippen MR) is 79.7 cm³/mol. The maximum absolute atomic E-state index is 12.0. The van der Waals surface area contributed by atoms with Crippen molar-refractivity contribution in [3.63, 3.8) is 0 Å². The first-order chi connectivity index (χ1) is 8.97. The average molecular weight is 339 g/mol. The second-order valence-corrected chi connectivity index (χ2v) is 6.41. The molecule has 0 fully saturated rings. The van der Waals surface area contributed by atoms with Crippen molar-refractivity contribution in [2.24, 2.45) is 5.73 Å². The molecule has 3 N–H and O–H groups in total. The van der Waals surface area contributed by atoms with E-state index < -0.39 is 5.91 Å². The molecular formula is C13H11BrN2O2S. The number of nitrogens with one attached hydrogen (secondary N) is 1. The van der Waals surface area contributed by atoms with E-state index in [1.165, 1.54) is 11.3 Å². The van der Waals surface area contributed by atoms with E-state index in [2.05, 4.69) is 21.2 Å². The standard InChI is InChI=1S/C13H11BrN2O2S/c1-7-6-8(12(15)17)2-3-9(7)16-13(18)10-4-5-11(14)19-10/h2-6H,1H3,(H2,15,17)(H,16,18). The molecule has 0 aliphatic rings. The van der Waals surface area contributed by atoms with Crippen molar-refractivity contribution in [1.29, 1.82) is 0 Å². The van der Waals surface area contributed by atoms with Gasteiger partial charge in [0.1, 0.15) is 0 Å². The zero-order chi connectivity index (χ0) is 14.0. The molecule has 1 aromatic carbocycles. The van der Waals surface area contributed by atoms with E-state index in [1.54, 1.807) is 24.3 Å². The van der Waals surface area contributed by atoms with E-state index in [4.69, 9.17) is 5.73 Å². The highest BCUT2D eigenvalue weighted by Gasteiger charge is 2.11.